The zero-order valence-corrected chi connectivity index (χ0v) is 26.7. The fraction of sp³-hybridized carbons (Fsp3) is 0. The second-order valence-electron chi connectivity index (χ2n) is 11.1. The van der Waals surface area contributed by atoms with Gasteiger partial charge in [0.1, 0.15) is 0 Å². The number of hydrogen-bond donors (Lipinski definition) is 0. The van der Waals surface area contributed by atoms with Gasteiger partial charge in [-0.1, -0.05) is 0 Å². The predicted octanol–water partition coefficient (Wildman–Crippen LogP) is 10.4. The summed E-state index contributed by atoms with van der Waals surface area (Å²) in [5.41, 5.74) is 7.90. The summed E-state index contributed by atoms with van der Waals surface area (Å²) in [6.45, 7) is 0. The Labute approximate surface area is 276 Å². The fourth-order valence-electron chi connectivity index (χ4n) is 6.23. The predicted molar refractivity (Wildman–Crippen MR) is 187 cm³/mol. The number of aromatic nitrogens is 3. The number of halogens is 2. The Balaban J connectivity index is 1.44. The van der Waals surface area contributed by atoms with Crippen LogP contribution in [0.3, 0.4) is 0 Å². The molecule has 0 saturated carbocycles. The van der Waals surface area contributed by atoms with Gasteiger partial charge >= 0.3 is 278 Å². The number of hydrogen-bond acceptors (Lipinski definition) is 3. The topological polar surface area (TPSA) is 38.7 Å². The average Bonchev–Trinajstić information content (AvgIpc) is 3.52. The summed E-state index contributed by atoms with van der Waals surface area (Å²) in [6.07, 6.45) is 0. The molecule has 6 aromatic carbocycles. The van der Waals surface area contributed by atoms with Gasteiger partial charge in [0.15, 0.2) is 0 Å². The molecule has 0 aliphatic rings. The molecular formula is C41H25F2N3Se. The van der Waals surface area contributed by atoms with Crippen molar-refractivity contribution in [3.63, 3.8) is 0 Å². The van der Waals surface area contributed by atoms with Crippen molar-refractivity contribution in [2.45, 2.75) is 0 Å². The Hall–Kier alpha value is -5.55. The molecular weight excluding hydrogens is 651 g/mol. The first-order chi connectivity index (χ1) is 23.2. The van der Waals surface area contributed by atoms with Gasteiger partial charge in [-0.3, -0.25) is 0 Å². The number of benzene rings is 6. The van der Waals surface area contributed by atoms with Gasteiger partial charge in [0.05, 0.1) is 0 Å². The van der Waals surface area contributed by atoms with E-state index in [1.54, 1.807) is 36.4 Å². The van der Waals surface area contributed by atoms with Gasteiger partial charge in [0, 0.05) is 0 Å². The van der Waals surface area contributed by atoms with Gasteiger partial charge in [-0.15, -0.1) is 0 Å². The second-order valence-corrected chi connectivity index (χ2v) is 13.3. The van der Waals surface area contributed by atoms with Crippen LogP contribution >= 0.6 is 0 Å². The number of fused-ring (bicyclic) bond motifs is 1. The summed E-state index contributed by atoms with van der Waals surface area (Å²) in [5, 5.41) is 14.2. The van der Waals surface area contributed by atoms with Crippen molar-refractivity contribution >= 4 is 24.1 Å². The quantitative estimate of drug-likeness (QED) is 0.165. The molecule has 0 atom stereocenters. The first kappa shape index (κ1) is 28.9. The van der Waals surface area contributed by atoms with Gasteiger partial charge in [-0.2, -0.15) is 0 Å². The van der Waals surface area contributed by atoms with E-state index >= 15 is 8.78 Å². The SMILES string of the molecule is Fc1ccccc1-c1nnnc(-c2ccccc2-c2[se]c3ccccc3c2-c2ccccc2-c2ccccc2)c1-c1ccccc1F. The molecule has 6 heteroatoms. The third-order valence-electron chi connectivity index (χ3n) is 8.34. The summed E-state index contributed by atoms with van der Waals surface area (Å²) < 4.78 is 33.4. The van der Waals surface area contributed by atoms with Crippen molar-refractivity contribution in [1.29, 1.82) is 0 Å². The Bertz CT molecular complexity index is 2400. The molecule has 0 unspecified atom stereocenters. The van der Waals surface area contributed by atoms with Crippen molar-refractivity contribution < 1.29 is 8.78 Å². The minimum absolute atomic E-state index is 0.0567. The van der Waals surface area contributed by atoms with Gasteiger partial charge < -0.3 is 0 Å². The van der Waals surface area contributed by atoms with Crippen molar-refractivity contribution in [2.75, 3.05) is 0 Å². The fourth-order valence-corrected chi connectivity index (χ4v) is 8.87. The van der Waals surface area contributed by atoms with Gasteiger partial charge in [0.2, 0.25) is 0 Å². The maximum atomic E-state index is 15.7. The number of nitrogens with zero attached hydrogens (tertiary/aromatic N) is 3. The van der Waals surface area contributed by atoms with Crippen LogP contribution in [0.2, 0.25) is 0 Å². The molecule has 0 aliphatic heterocycles. The van der Waals surface area contributed by atoms with E-state index in [9.17, 15) is 0 Å². The van der Waals surface area contributed by atoms with E-state index in [1.165, 1.54) is 26.2 Å². The normalized spacial score (nSPS) is 11.2. The van der Waals surface area contributed by atoms with Crippen LogP contribution in [0.1, 0.15) is 0 Å². The molecule has 0 N–H and O–H groups in total. The average molecular weight is 677 g/mol. The minimum atomic E-state index is -0.470. The molecule has 0 spiro atoms. The first-order valence-electron chi connectivity index (χ1n) is 15.2. The van der Waals surface area contributed by atoms with Crippen molar-refractivity contribution in [1.82, 2.24) is 15.4 Å². The van der Waals surface area contributed by atoms with Gasteiger partial charge in [0.25, 0.3) is 0 Å². The van der Waals surface area contributed by atoms with Crippen LogP contribution in [0.5, 0.6) is 0 Å². The molecule has 2 aromatic heterocycles. The summed E-state index contributed by atoms with van der Waals surface area (Å²) in [7, 11) is 0. The molecule has 3 nitrogen and oxygen atoms in total. The van der Waals surface area contributed by atoms with Crippen LogP contribution in [0, 0.1) is 11.6 Å². The monoisotopic (exact) mass is 677 g/mol. The third-order valence-corrected chi connectivity index (χ3v) is 10.9. The zero-order valence-electron chi connectivity index (χ0n) is 24.9. The van der Waals surface area contributed by atoms with Crippen molar-refractivity contribution in [3.05, 3.63) is 163 Å². The van der Waals surface area contributed by atoms with E-state index in [0.29, 0.717) is 11.3 Å². The van der Waals surface area contributed by atoms with Crippen LogP contribution in [0.4, 0.5) is 8.78 Å². The zero-order chi connectivity index (χ0) is 31.7. The Morgan fingerprint density at radius 1 is 0.404 bits per heavy atom. The standard InChI is InChI=1S/C41H25F2N3Se/c42-34-23-11-8-20-31(34)38-39(44-46-45-40(38)32-21-9-12-24-35(32)43)29-18-6-7-19-30(29)41-37(33-22-10-13-25-36(33)47-41)28-17-5-4-16-27(28)26-14-2-1-3-15-26/h1-25H. The van der Waals surface area contributed by atoms with E-state index in [4.69, 9.17) is 0 Å². The summed E-state index contributed by atoms with van der Waals surface area (Å²) >= 11 is -0.0567. The number of rotatable bonds is 6. The van der Waals surface area contributed by atoms with Crippen LogP contribution in [-0.2, 0) is 0 Å². The molecule has 8 aromatic rings. The summed E-state index contributed by atoms with van der Waals surface area (Å²) in [4.78, 5) is 0. The van der Waals surface area contributed by atoms with Gasteiger partial charge in [-0.25, -0.2) is 0 Å². The van der Waals surface area contributed by atoms with E-state index < -0.39 is 11.6 Å². The van der Waals surface area contributed by atoms with E-state index in [2.05, 4.69) is 94.3 Å². The van der Waals surface area contributed by atoms with Gasteiger partial charge in [-0.05, 0) is 0 Å². The van der Waals surface area contributed by atoms with Crippen molar-refractivity contribution in [2.24, 2.45) is 0 Å². The summed E-state index contributed by atoms with van der Waals surface area (Å²) in [6, 6.07) is 48.4. The molecule has 8 rings (SSSR count). The molecule has 0 saturated heterocycles. The van der Waals surface area contributed by atoms with Crippen LogP contribution < -0.4 is 0 Å². The van der Waals surface area contributed by atoms with Crippen LogP contribution in [-0.4, -0.2) is 29.9 Å². The first-order valence-corrected chi connectivity index (χ1v) is 16.9. The molecule has 0 fully saturated rings. The van der Waals surface area contributed by atoms with Crippen LogP contribution in [0.15, 0.2) is 152 Å². The van der Waals surface area contributed by atoms with E-state index in [-0.39, 0.29) is 31.3 Å². The molecule has 224 valence electrons. The van der Waals surface area contributed by atoms with E-state index in [0.717, 1.165) is 33.4 Å². The third kappa shape index (κ3) is 5.18. The summed E-state index contributed by atoms with van der Waals surface area (Å²) in [5.74, 6) is -0.922. The van der Waals surface area contributed by atoms with Crippen LogP contribution in [0.25, 0.3) is 75.5 Å². The molecule has 47 heavy (non-hydrogen) atoms. The molecule has 0 aliphatic carbocycles. The van der Waals surface area contributed by atoms with E-state index in [1.807, 2.05) is 24.3 Å². The molecule has 0 amide bonds. The molecule has 0 bridgehead atoms. The maximum absolute atomic E-state index is 15.7. The molecule has 0 radical (unpaired) electrons. The van der Waals surface area contributed by atoms with Crippen molar-refractivity contribution in [3.8, 4) is 65.9 Å². The second kappa shape index (κ2) is 12.3. The molecule has 2 heterocycles. The Morgan fingerprint density at radius 2 is 0.915 bits per heavy atom. The Morgan fingerprint density at radius 3 is 1.62 bits per heavy atom. The Kier molecular flexibility index (Phi) is 7.58.